The fourth-order valence-corrected chi connectivity index (χ4v) is 4.05. The summed E-state index contributed by atoms with van der Waals surface area (Å²) in [5, 5.41) is 6.98. The second-order valence-electron chi connectivity index (χ2n) is 6.95. The summed E-state index contributed by atoms with van der Waals surface area (Å²) in [5.41, 5.74) is 1.64. The molecule has 0 aliphatic carbocycles. The molecule has 0 aliphatic heterocycles. The van der Waals surface area contributed by atoms with Gasteiger partial charge in [-0.15, -0.1) is 0 Å². The smallest absolute Gasteiger partial charge is 0.261 e. The third-order valence-corrected chi connectivity index (χ3v) is 5.83. The van der Waals surface area contributed by atoms with E-state index in [-0.39, 0.29) is 27.6 Å². The van der Waals surface area contributed by atoms with Crippen LogP contribution in [0.3, 0.4) is 0 Å². The van der Waals surface area contributed by atoms with E-state index in [1.807, 2.05) is 13.1 Å². The van der Waals surface area contributed by atoms with Crippen LogP contribution in [0, 0.1) is 19.7 Å². The van der Waals surface area contributed by atoms with Gasteiger partial charge in [0.25, 0.3) is 15.9 Å². The van der Waals surface area contributed by atoms with Crippen molar-refractivity contribution in [3.05, 3.63) is 77.4 Å². The van der Waals surface area contributed by atoms with Crippen LogP contribution in [0.5, 0.6) is 0 Å². The summed E-state index contributed by atoms with van der Waals surface area (Å²) >= 11 is 0. The molecule has 1 aromatic heterocycles. The Morgan fingerprint density at radius 2 is 1.93 bits per heavy atom. The Labute approximate surface area is 175 Å². The third-order valence-electron chi connectivity index (χ3n) is 4.47. The van der Waals surface area contributed by atoms with Crippen LogP contribution in [0.1, 0.15) is 27.9 Å². The molecule has 0 unspecified atom stereocenters. The molecule has 1 amide bonds. The fraction of sp³-hybridized carbons (Fsp3) is 0.238. The Morgan fingerprint density at radius 3 is 2.63 bits per heavy atom. The topological polar surface area (TPSA) is 93.1 Å². The number of hydrogen-bond donors (Lipinski definition) is 2. The third kappa shape index (κ3) is 5.24. The first-order valence-corrected chi connectivity index (χ1v) is 10.9. The van der Waals surface area contributed by atoms with Crippen LogP contribution >= 0.6 is 0 Å². The van der Waals surface area contributed by atoms with E-state index in [9.17, 15) is 17.6 Å². The maximum absolute atomic E-state index is 13.5. The molecule has 3 rings (SSSR count). The summed E-state index contributed by atoms with van der Waals surface area (Å²) in [6.07, 6.45) is 4.36. The van der Waals surface area contributed by atoms with E-state index in [1.165, 1.54) is 25.1 Å². The Kier molecular flexibility index (Phi) is 6.51. The Hall–Kier alpha value is -3.20. The van der Waals surface area contributed by atoms with Crippen molar-refractivity contribution < 1.29 is 17.6 Å². The number of carbonyl (C=O) groups is 1. The quantitative estimate of drug-likeness (QED) is 0.537. The van der Waals surface area contributed by atoms with E-state index in [4.69, 9.17) is 0 Å². The number of nitrogens with one attached hydrogen (secondary N) is 2. The van der Waals surface area contributed by atoms with Crippen molar-refractivity contribution in [1.82, 2.24) is 15.1 Å². The van der Waals surface area contributed by atoms with Crippen LogP contribution in [-0.4, -0.2) is 30.7 Å². The Balaban J connectivity index is 1.67. The number of amides is 1. The van der Waals surface area contributed by atoms with E-state index in [1.54, 1.807) is 29.1 Å². The van der Waals surface area contributed by atoms with E-state index in [0.717, 1.165) is 11.6 Å². The van der Waals surface area contributed by atoms with Crippen molar-refractivity contribution in [2.45, 2.75) is 31.7 Å². The molecule has 0 aliphatic rings. The van der Waals surface area contributed by atoms with Gasteiger partial charge in [-0.3, -0.25) is 14.2 Å². The number of para-hydroxylation sites is 1. The standard InChI is InChI=1S/C21H23FN4O3S/c1-15-13-24-26(14-15)11-5-10-23-21(27)18-6-3-4-7-20(18)25-30(28,29)17-8-9-19(22)16(2)12-17/h3-4,6-9,12-14,25H,5,10-11H2,1-2H3,(H,23,27). The molecule has 9 heteroatoms. The van der Waals surface area contributed by atoms with Crippen LogP contribution in [-0.2, 0) is 16.6 Å². The lowest BCUT2D eigenvalue weighted by atomic mass is 10.1. The predicted molar refractivity (Wildman–Crippen MR) is 112 cm³/mol. The molecule has 0 fully saturated rings. The molecule has 158 valence electrons. The lowest BCUT2D eigenvalue weighted by Crippen LogP contribution is -2.27. The van der Waals surface area contributed by atoms with Gasteiger partial charge in [0.05, 0.1) is 22.3 Å². The first-order chi connectivity index (χ1) is 14.3. The number of halogens is 1. The molecule has 0 spiro atoms. The zero-order valence-corrected chi connectivity index (χ0v) is 17.5. The molecule has 0 saturated heterocycles. The van der Waals surface area contributed by atoms with Crippen molar-refractivity contribution >= 4 is 21.6 Å². The first kappa shape index (κ1) is 21.5. The number of carbonyl (C=O) groups excluding carboxylic acids is 1. The average Bonchev–Trinajstić information content (AvgIpc) is 3.12. The van der Waals surface area contributed by atoms with Crippen molar-refractivity contribution in [2.75, 3.05) is 11.3 Å². The highest BCUT2D eigenvalue weighted by Crippen LogP contribution is 2.21. The summed E-state index contributed by atoms with van der Waals surface area (Å²) in [6, 6.07) is 9.87. The number of anilines is 1. The molecule has 3 aromatic rings. The number of aryl methyl sites for hydroxylation is 3. The number of aromatic nitrogens is 2. The van der Waals surface area contributed by atoms with Gasteiger partial charge in [-0.1, -0.05) is 12.1 Å². The molecule has 2 N–H and O–H groups in total. The van der Waals surface area contributed by atoms with Gasteiger partial charge in [-0.2, -0.15) is 5.10 Å². The van der Waals surface area contributed by atoms with Gasteiger partial charge in [-0.25, -0.2) is 12.8 Å². The number of hydrogen-bond acceptors (Lipinski definition) is 4. The van der Waals surface area contributed by atoms with Gasteiger partial charge in [0, 0.05) is 19.3 Å². The number of rotatable bonds is 8. The maximum atomic E-state index is 13.5. The van der Waals surface area contributed by atoms with Gasteiger partial charge in [0.1, 0.15) is 5.82 Å². The minimum Gasteiger partial charge on any atom is -0.352 e. The highest BCUT2D eigenvalue weighted by Gasteiger charge is 2.19. The molecular weight excluding hydrogens is 407 g/mol. The minimum atomic E-state index is -3.98. The molecule has 30 heavy (non-hydrogen) atoms. The summed E-state index contributed by atoms with van der Waals surface area (Å²) in [6.45, 7) is 4.51. The second kappa shape index (κ2) is 9.08. The summed E-state index contributed by atoms with van der Waals surface area (Å²) in [4.78, 5) is 12.5. The molecular formula is C21H23FN4O3S. The Morgan fingerprint density at radius 1 is 1.17 bits per heavy atom. The van der Waals surface area contributed by atoms with Crippen LogP contribution in [0.25, 0.3) is 0 Å². The van der Waals surface area contributed by atoms with Crippen molar-refractivity contribution in [2.24, 2.45) is 0 Å². The molecule has 0 saturated carbocycles. The SMILES string of the molecule is Cc1cnn(CCCNC(=O)c2ccccc2NS(=O)(=O)c2ccc(F)c(C)c2)c1. The van der Waals surface area contributed by atoms with E-state index in [0.29, 0.717) is 19.5 Å². The summed E-state index contributed by atoms with van der Waals surface area (Å²) < 4.78 is 43.1. The average molecular weight is 431 g/mol. The van der Waals surface area contributed by atoms with Crippen molar-refractivity contribution in [1.29, 1.82) is 0 Å². The maximum Gasteiger partial charge on any atom is 0.261 e. The van der Waals surface area contributed by atoms with Gasteiger partial charge in [0.15, 0.2) is 0 Å². The molecule has 2 aromatic carbocycles. The van der Waals surface area contributed by atoms with Gasteiger partial charge in [-0.05, 0) is 61.7 Å². The normalized spacial score (nSPS) is 11.3. The number of sulfonamides is 1. The van der Waals surface area contributed by atoms with Crippen LogP contribution in [0.15, 0.2) is 59.8 Å². The fourth-order valence-electron chi connectivity index (χ4n) is 2.89. The minimum absolute atomic E-state index is 0.0777. The van der Waals surface area contributed by atoms with Crippen LogP contribution in [0.4, 0.5) is 10.1 Å². The Bertz CT molecular complexity index is 1160. The van der Waals surface area contributed by atoms with Gasteiger partial charge < -0.3 is 5.32 Å². The monoisotopic (exact) mass is 430 g/mol. The molecule has 1 heterocycles. The highest BCUT2D eigenvalue weighted by atomic mass is 32.2. The lowest BCUT2D eigenvalue weighted by molar-refractivity contribution is 0.0953. The van der Waals surface area contributed by atoms with E-state index in [2.05, 4.69) is 15.1 Å². The van der Waals surface area contributed by atoms with Gasteiger partial charge >= 0.3 is 0 Å². The molecule has 0 bridgehead atoms. The van der Waals surface area contributed by atoms with E-state index < -0.39 is 15.8 Å². The highest BCUT2D eigenvalue weighted by molar-refractivity contribution is 7.92. The molecule has 7 nitrogen and oxygen atoms in total. The van der Waals surface area contributed by atoms with Gasteiger partial charge in [0.2, 0.25) is 0 Å². The molecule has 0 radical (unpaired) electrons. The first-order valence-electron chi connectivity index (χ1n) is 9.41. The molecule has 0 atom stereocenters. The van der Waals surface area contributed by atoms with Crippen molar-refractivity contribution in [3.8, 4) is 0 Å². The largest absolute Gasteiger partial charge is 0.352 e. The predicted octanol–water partition coefficient (Wildman–Crippen LogP) is 3.26. The zero-order chi connectivity index (χ0) is 21.7. The second-order valence-corrected chi connectivity index (χ2v) is 8.63. The number of benzene rings is 2. The summed E-state index contributed by atoms with van der Waals surface area (Å²) in [5.74, 6) is -0.876. The zero-order valence-electron chi connectivity index (χ0n) is 16.7. The number of nitrogens with zero attached hydrogens (tertiary/aromatic N) is 2. The van der Waals surface area contributed by atoms with Crippen LogP contribution < -0.4 is 10.0 Å². The van der Waals surface area contributed by atoms with Crippen molar-refractivity contribution in [3.63, 3.8) is 0 Å². The van der Waals surface area contributed by atoms with Crippen LogP contribution in [0.2, 0.25) is 0 Å². The summed E-state index contributed by atoms with van der Waals surface area (Å²) in [7, 11) is -3.98. The lowest BCUT2D eigenvalue weighted by Gasteiger charge is -2.13. The van der Waals surface area contributed by atoms with E-state index >= 15 is 0 Å².